The Morgan fingerprint density at radius 1 is 1.44 bits per heavy atom. The van der Waals surface area contributed by atoms with E-state index in [-0.39, 0.29) is 18.4 Å². The molecule has 2 N–H and O–H groups in total. The lowest BCUT2D eigenvalue weighted by Crippen LogP contribution is -2.52. The molecule has 6 nitrogen and oxygen atoms in total. The lowest BCUT2D eigenvalue weighted by molar-refractivity contribution is -0.163. The van der Waals surface area contributed by atoms with Crippen molar-refractivity contribution >= 4 is 11.9 Å². The van der Waals surface area contributed by atoms with E-state index >= 15 is 0 Å². The summed E-state index contributed by atoms with van der Waals surface area (Å²) in [4.78, 5) is 25.0. The molecule has 0 bridgehead atoms. The van der Waals surface area contributed by atoms with Crippen LogP contribution in [0.25, 0.3) is 0 Å². The molecule has 1 amide bonds. The quantitative estimate of drug-likeness (QED) is 0.665. The van der Waals surface area contributed by atoms with Gasteiger partial charge >= 0.3 is 5.97 Å². The standard InChI is InChI=1S/C12H22N2O4/c1-3-18-11(16)12(9-17-2)5-4-6-14(8-12)7-10(13)15/h3-9H2,1-2H3,(H2,13,15)/t12-/m0/s1. The summed E-state index contributed by atoms with van der Waals surface area (Å²) in [5, 5.41) is 0. The first kappa shape index (κ1) is 14.9. The van der Waals surface area contributed by atoms with E-state index in [4.69, 9.17) is 15.2 Å². The van der Waals surface area contributed by atoms with Gasteiger partial charge in [0.2, 0.25) is 5.91 Å². The fourth-order valence-electron chi connectivity index (χ4n) is 2.49. The van der Waals surface area contributed by atoms with Gasteiger partial charge in [0.05, 0.1) is 19.8 Å². The van der Waals surface area contributed by atoms with Gasteiger partial charge in [-0.25, -0.2) is 0 Å². The number of primary amides is 1. The molecule has 1 rings (SSSR count). The Morgan fingerprint density at radius 3 is 2.72 bits per heavy atom. The maximum absolute atomic E-state index is 12.1. The minimum absolute atomic E-state index is 0.171. The van der Waals surface area contributed by atoms with Gasteiger partial charge < -0.3 is 15.2 Å². The van der Waals surface area contributed by atoms with Crippen molar-refractivity contribution < 1.29 is 19.1 Å². The predicted octanol–water partition coefficient (Wildman–Crippen LogP) is -0.237. The SMILES string of the molecule is CCOC(=O)[C@@]1(COC)CCCN(CC(N)=O)C1. The number of rotatable bonds is 6. The van der Waals surface area contributed by atoms with E-state index in [0.29, 0.717) is 19.8 Å². The highest BCUT2D eigenvalue weighted by Gasteiger charge is 2.43. The fourth-order valence-corrected chi connectivity index (χ4v) is 2.49. The van der Waals surface area contributed by atoms with Crippen LogP contribution in [-0.4, -0.2) is 56.7 Å². The van der Waals surface area contributed by atoms with Gasteiger partial charge in [0.15, 0.2) is 0 Å². The Hall–Kier alpha value is -1.14. The third-order valence-electron chi connectivity index (χ3n) is 3.16. The molecule has 1 heterocycles. The van der Waals surface area contributed by atoms with Crippen LogP contribution in [0.3, 0.4) is 0 Å². The first-order valence-corrected chi connectivity index (χ1v) is 6.21. The average molecular weight is 258 g/mol. The number of carbonyl (C=O) groups is 2. The number of hydrogen-bond donors (Lipinski definition) is 1. The number of nitrogens with two attached hydrogens (primary N) is 1. The molecule has 0 aromatic carbocycles. The Balaban J connectivity index is 2.76. The van der Waals surface area contributed by atoms with Crippen molar-refractivity contribution in [2.24, 2.45) is 11.1 Å². The predicted molar refractivity (Wildman–Crippen MR) is 65.8 cm³/mol. The third-order valence-corrected chi connectivity index (χ3v) is 3.16. The molecule has 6 heteroatoms. The molecule has 1 saturated heterocycles. The van der Waals surface area contributed by atoms with Gasteiger partial charge in [-0.15, -0.1) is 0 Å². The topological polar surface area (TPSA) is 81.9 Å². The molecule has 1 fully saturated rings. The number of piperidine rings is 1. The highest BCUT2D eigenvalue weighted by Crippen LogP contribution is 2.31. The first-order valence-electron chi connectivity index (χ1n) is 6.21. The van der Waals surface area contributed by atoms with Crippen LogP contribution in [0.1, 0.15) is 19.8 Å². The molecule has 18 heavy (non-hydrogen) atoms. The van der Waals surface area contributed by atoms with Crippen LogP contribution >= 0.6 is 0 Å². The molecule has 0 aromatic rings. The maximum atomic E-state index is 12.1. The second-order valence-corrected chi connectivity index (χ2v) is 4.71. The maximum Gasteiger partial charge on any atom is 0.315 e. The van der Waals surface area contributed by atoms with Gasteiger partial charge in [-0.05, 0) is 26.3 Å². The zero-order chi connectivity index (χ0) is 13.6. The summed E-state index contributed by atoms with van der Waals surface area (Å²) in [6.45, 7) is 3.84. The van der Waals surface area contributed by atoms with Crippen LogP contribution in [0.15, 0.2) is 0 Å². The highest BCUT2D eigenvalue weighted by molar-refractivity contribution is 5.78. The van der Waals surface area contributed by atoms with Gasteiger partial charge in [-0.3, -0.25) is 14.5 Å². The first-order chi connectivity index (χ1) is 8.54. The van der Waals surface area contributed by atoms with Crippen LogP contribution in [0.2, 0.25) is 0 Å². The highest BCUT2D eigenvalue weighted by atomic mass is 16.5. The van der Waals surface area contributed by atoms with E-state index in [1.54, 1.807) is 14.0 Å². The van der Waals surface area contributed by atoms with E-state index in [1.807, 2.05) is 4.90 Å². The number of methoxy groups -OCH3 is 1. The molecular weight excluding hydrogens is 236 g/mol. The summed E-state index contributed by atoms with van der Waals surface area (Å²) in [6, 6.07) is 0. The van der Waals surface area contributed by atoms with Crippen molar-refractivity contribution in [3.05, 3.63) is 0 Å². The minimum atomic E-state index is -0.668. The average Bonchev–Trinajstić information content (AvgIpc) is 2.29. The van der Waals surface area contributed by atoms with Crippen LogP contribution < -0.4 is 5.73 Å². The molecule has 104 valence electrons. The Labute approximate surface area is 107 Å². The van der Waals surface area contributed by atoms with E-state index < -0.39 is 5.41 Å². The van der Waals surface area contributed by atoms with Crippen molar-refractivity contribution in [1.29, 1.82) is 0 Å². The van der Waals surface area contributed by atoms with E-state index in [1.165, 1.54) is 0 Å². The molecule has 0 spiro atoms. The van der Waals surface area contributed by atoms with Gasteiger partial charge in [0.25, 0.3) is 0 Å². The lowest BCUT2D eigenvalue weighted by atomic mass is 9.80. The molecule has 0 radical (unpaired) electrons. The molecular formula is C12H22N2O4. The zero-order valence-corrected chi connectivity index (χ0v) is 11.1. The number of hydrogen-bond acceptors (Lipinski definition) is 5. The number of nitrogens with zero attached hydrogens (tertiary/aromatic N) is 1. The summed E-state index contributed by atoms with van der Waals surface area (Å²) in [7, 11) is 1.56. The van der Waals surface area contributed by atoms with Crippen molar-refractivity contribution in [3.63, 3.8) is 0 Å². The molecule has 0 aromatic heterocycles. The molecule has 1 atom stereocenters. The summed E-state index contributed by atoms with van der Waals surface area (Å²) >= 11 is 0. The Morgan fingerprint density at radius 2 is 2.17 bits per heavy atom. The molecule has 1 aliphatic rings. The van der Waals surface area contributed by atoms with E-state index in [0.717, 1.165) is 19.4 Å². The van der Waals surface area contributed by atoms with Crippen molar-refractivity contribution in [2.45, 2.75) is 19.8 Å². The largest absolute Gasteiger partial charge is 0.465 e. The van der Waals surface area contributed by atoms with Crippen molar-refractivity contribution in [3.8, 4) is 0 Å². The molecule has 1 aliphatic heterocycles. The molecule has 0 unspecified atom stereocenters. The lowest BCUT2D eigenvalue weighted by Gasteiger charge is -2.39. The summed E-state index contributed by atoms with van der Waals surface area (Å²) in [5.74, 6) is -0.631. The van der Waals surface area contributed by atoms with Gasteiger partial charge in [-0.2, -0.15) is 0 Å². The van der Waals surface area contributed by atoms with Gasteiger partial charge in [0.1, 0.15) is 5.41 Å². The van der Waals surface area contributed by atoms with Crippen LogP contribution in [0.4, 0.5) is 0 Å². The summed E-state index contributed by atoms with van der Waals surface area (Å²) < 4.78 is 10.3. The monoisotopic (exact) mass is 258 g/mol. The van der Waals surface area contributed by atoms with E-state index in [9.17, 15) is 9.59 Å². The second kappa shape index (κ2) is 6.70. The normalized spacial score (nSPS) is 24.8. The number of ether oxygens (including phenoxy) is 2. The number of amides is 1. The second-order valence-electron chi connectivity index (χ2n) is 4.71. The number of likely N-dealkylation sites (tertiary alicyclic amines) is 1. The zero-order valence-electron chi connectivity index (χ0n) is 11.1. The molecule has 0 saturated carbocycles. The number of carbonyl (C=O) groups excluding carboxylic acids is 2. The smallest absolute Gasteiger partial charge is 0.315 e. The Bertz CT molecular complexity index is 304. The van der Waals surface area contributed by atoms with Crippen molar-refractivity contribution in [1.82, 2.24) is 4.90 Å². The third kappa shape index (κ3) is 3.68. The van der Waals surface area contributed by atoms with Gasteiger partial charge in [0, 0.05) is 13.7 Å². The van der Waals surface area contributed by atoms with Gasteiger partial charge in [-0.1, -0.05) is 0 Å². The summed E-state index contributed by atoms with van der Waals surface area (Å²) in [5.41, 5.74) is 4.52. The number of esters is 1. The van der Waals surface area contributed by atoms with Crippen LogP contribution in [0.5, 0.6) is 0 Å². The van der Waals surface area contributed by atoms with E-state index in [2.05, 4.69) is 0 Å². The molecule has 0 aliphatic carbocycles. The van der Waals surface area contributed by atoms with Crippen LogP contribution in [0, 0.1) is 5.41 Å². The van der Waals surface area contributed by atoms with Crippen LogP contribution in [-0.2, 0) is 19.1 Å². The van der Waals surface area contributed by atoms with Crippen molar-refractivity contribution in [2.75, 3.05) is 40.0 Å². The minimum Gasteiger partial charge on any atom is -0.465 e. The fraction of sp³-hybridized carbons (Fsp3) is 0.833. The summed E-state index contributed by atoms with van der Waals surface area (Å²) in [6.07, 6.45) is 1.55. The Kier molecular flexibility index (Phi) is 5.55.